The molecule has 1 aliphatic heterocycles. The van der Waals surface area contributed by atoms with Gasteiger partial charge in [0.05, 0.1) is 6.21 Å². The summed E-state index contributed by atoms with van der Waals surface area (Å²) in [6.45, 7) is 0.263. The molecule has 0 saturated heterocycles. The first-order valence-corrected chi connectivity index (χ1v) is 6.77. The van der Waals surface area contributed by atoms with E-state index in [4.69, 9.17) is 21.7 Å². The zero-order valence-electron chi connectivity index (χ0n) is 11.1. The third-order valence-electron chi connectivity index (χ3n) is 2.81. The molecule has 0 aromatic heterocycles. The van der Waals surface area contributed by atoms with Gasteiger partial charge in [0.2, 0.25) is 6.79 Å². The summed E-state index contributed by atoms with van der Waals surface area (Å²) in [7, 11) is 0. The van der Waals surface area contributed by atoms with Crippen LogP contribution in [0.4, 0.5) is 5.69 Å². The number of hydrazone groups is 1. The standard InChI is InChI=1S/C15H13N3O2S/c21-15(17-12-4-2-1-3-5-12)18-16-9-11-6-7-13-14(8-11)20-10-19-13/h1-9H,10H2,(H2,17,18,21)/b16-9+. The Kier molecular flexibility index (Phi) is 3.97. The van der Waals surface area contributed by atoms with Gasteiger partial charge in [0, 0.05) is 5.69 Å². The zero-order valence-corrected chi connectivity index (χ0v) is 11.9. The predicted octanol–water partition coefficient (Wildman–Crippen LogP) is 2.74. The van der Waals surface area contributed by atoms with Crippen molar-refractivity contribution in [2.75, 3.05) is 12.1 Å². The third-order valence-corrected chi connectivity index (χ3v) is 3.00. The van der Waals surface area contributed by atoms with E-state index in [1.807, 2.05) is 48.5 Å². The highest BCUT2D eigenvalue weighted by Gasteiger charge is 2.12. The molecule has 0 saturated carbocycles. The normalized spacial score (nSPS) is 12.4. The van der Waals surface area contributed by atoms with Crippen molar-refractivity contribution in [2.24, 2.45) is 5.10 Å². The average Bonchev–Trinajstić information content (AvgIpc) is 2.96. The largest absolute Gasteiger partial charge is 0.454 e. The van der Waals surface area contributed by atoms with E-state index in [2.05, 4.69) is 15.8 Å². The van der Waals surface area contributed by atoms with Crippen LogP contribution in [0.2, 0.25) is 0 Å². The van der Waals surface area contributed by atoms with Crippen LogP contribution in [0.3, 0.4) is 0 Å². The molecule has 0 unspecified atom stereocenters. The highest BCUT2D eigenvalue weighted by Crippen LogP contribution is 2.31. The van der Waals surface area contributed by atoms with Gasteiger partial charge in [0.25, 0.3) is 0 Å². The van der Waals surface area contributed by atoms with Gasteiger partial charge in [-0.1, -0.05) is 18.2 Å². The van der Waals surface area contributed by atoms with E-state index in [-0.39, 0.29) is 6.79 Å². The lowest BCUT2D eigenvalue weighted by atomic mass is 10.2. The van der Waals surface area contributed by atoms with Gasteiger partial charge in [0.15, 0.2) is 16.6 Å². The van der Waals surface area contributed by atoms with E-state index in [9.17, 15) is 0 Å². The van der Waals surface area contributed by atoms with Crippen LogP contribution in [0.25, 0.3) is 0 Å². The first-order chi connectivity index (χ1) is 10.3. The minimum atomic E-state index is 0.263. The van der Waals surface area contributed by atoms with Crippen molar-refractivity contribution in [3.63, 3.8) is 0 Å². The predicted molar refractivity (Wildman–Crippen MR) is 86.0 cm³/mol. The molecule has 3 rings (SSSR count). The Morgan fingerprint density at radius 3 is 2.76 bits per heavy atom. The lowest BCUT2D eigenvalue weighted by molar-refractivity contribution is 0.174. The Balaban J connectivity index is 1.56. The van der Waals surface area contributed by atoms with Gasteiger partial charge >= 0.3 is 0 Å². The van der Waals surface area contributed by atoms with Crippen molar-refractivity contribution in [3.05, 3.63) is 54.1 Å². The molecule has 5 nitrogen and oxygen atoms in total. The van der Waals surface area contributed by atoms with Crippen molar-refractivity contribution in [3.8, 4) is 11.5 Å². The van der Waals surface area contributed by atoms with Crippen molar-refractivity contribution >= 4 is 29.2 Å². The number of rotatable bonds is 3. The number of nitrogens with zero attached hydrogens (tertiary/aromatic N) is 1. The van der Waals surface area contributed by atoms with Crippen LogP contribution in [-0.2, 0) is 0 Å². The smallest absolute Gasteiger partial charge is 0.231 e. The molecule has 6 heteroatoms. The van der Waals surface area contributed by atoms with E-state index in [1.165, 1.54) is 0 Å². The van der Waals surface area contributed by atoms with Crippen molar-refractivity contribution in [1.82, 2.24) is 5.43 Å². The highest BCUT2D eigenvalue weighted by atomic mass is 32.1. The van der Waals surface area contributed by atoms with E-state index >= 15 is 0 Å². The fourth-order valence-electron chi connectivity index (χ4n) is 1.84. The fourth-order valence-corrected chi connectivity index (χ4v) is 2.01. The van der Waals surface area contributed by atoms with E-state index < -0.39 is 0 Å². The van der Waals surface area contributed by atoms with Crippen molar-refractivity contribution in [2.45, 2.75) is 0 Å². The zero-order chi connectivity index (χ0) is 14.5. The van der Waals surface area contributed by atoms with Gasteiger partial charge in [-0.3, -0.25) is 5.43 Å². The number of ether oxygens (including phenoxy) is 2. The molecule has 1 aliphatic rings. The Hall–Kier alpha value is -2.60. The molecule has 0 spiro atoms. The number of fused-ring (bicyclic) bond motifs is 1. The molecule has 21 heavy (non-hydrogen) atoms. The Bertz CT molecular complexity index is 674. The van der Waals surface area contributed by atoms with Crippen molar-refractivity contribution < 1.29 is 9.47 Å². The van der Waals surface area contributed by atoms with Crippen LogP contribution < -0.4 is 20.2 Å². The van der Waals surface area contributed by atoms with Crippen LogP contribution in [0, 0.1) is 0 Å². The molecule has 0 atom stereocenters. The number of thiocarbonyl (C=S) groups is 1. The minimum absolute atomic E-state index is 0.263. The molecule has 0 bridgehead atoms. The number of hydrogen-bond acceptors (Lipinski definition) is 4. The Morgan fingerprint density at radius 1 is 1.10 bits per heavy atom. The molecule has 0 amide bonds. The summed E-state index contributed by atoms with van der Waals surface area (Å²) in [6.07, 6.45) is 1.67. The van der Waals surface area contributed by atoms with Crippen LogP contribution >= 0.6 is 12.2 Å². The Morgan fingerprint density at radius 2 is 1.90 bits per heavy atom. The quantitative estimate of drug-likeness (QED) is 0.518. The fraction of sp³-hybridized carbons (Fsp3) is 0.0667. The van der Waals surface area contributed by atoms with Gasteiger partial charge < -0.3 is 14.8 Å². The van der Waals surface area contributed by atoms with E-state index in [1.54, 1.807) is 6.21 Å². The molecule has 2 N–H and O–H groups in total. The second-order valence-corrected chi connectivity index (χ2v) is 4.71. The van der Waals surface area contributed by atoms with Gasteiger partial charge in [-0.05, 0) is 48.1 Å². The molecule has 2 aromatic carbocycles. The van der Waals surface area contributed by atoms with Gasteiger partial charge in [0.1, 0.15) is 0 Å². The minimum Gasteiger partial charge on any atom is -0.454 e. The molecule has 2 aromatic rings. The van der Waals surface area contributed by atoms with Crippen LogP contribution in [0.1, 0.15) is 5.56 Å². The van der Waals surface area contributed by atoms with Gasteiger partial charge in [-0.15, -0.1) is 0 Å². The molecular weight excluding hydrogens is 286 g/mol. The second-order valence-electron chi connectivity index (χ2n) is 4.30. The maximum Gasteiger partial charge on any atom is 0.231 e. The molecule has 0 fully saturated rings. The number of benzene rings is 2. The SMILES string of the molecule is S=C(N/N=C/c1ccc2c(c1)OCO2)Nc1ccccc1. The summed E-state index contributed by atoms with van der Waals surface area (Å²) >= 11 is 5.15. The molecule has 0 aliphatic carbocycles. The third kappa shape index (κ3) is 3.49. The lowest BCUT2D eigenvalue weighted by Gasteiger charge is -2.06. The van der Waals surface area contributed by atoms with Gasteiger partial charge in [-0.25, -0.2) is 0 Å². The molecular formula is C15H13N3O2S. The number of nitrogens with one attached hydrogen (secondary N) is 2. The summed E-state index contributed by atoms with van der Waals surface area (Å²) in [5, 5.41) is 7.55. The maximum atomic E-state index is 5.30. The monoisotopic (exact) mass is 299 g/mol. The number of para-hydroxylation sites is 1. The topological polar surface area (TPSA) is 54.9 Å². The van der Waals surface area contributed by atoms with E-state index in [0.29, 0.717) is 5.11 Å². The first-order valence-electron chi connectivity index (χ1n) is 6.36. The Labute approximate surface area is 127 Å². The van der Waals surface area contributed by atoms with Crippen LogP contribution in [-0.4, -0.2) is 18.1 Å². The average molecular weight is 299 g/mol. The van der Waals surface area contributed by atoms with Gasteiger partial charge in [-0.2, -0.15) is 5.10 Å². The number of hydrogen-bond donors (Lipinski definition) is 2. The van der Waals surface area contributed by atoms with Crippen molar-refractivity contribution in [1.29, 1.82) is 0 Å². The van der Waals surface area contributed by atoms with E-state index in [0.717, 1.165) is 22.7 Å². The molecule has 106 valence electrons. The van der Waals surface area contributed by atoms with Crippen LogP contribution in [0.15, 0.2) is 53.6 Å². The first kappa shape index (κ1) is 13.4. The summed E-state index contributed by atoms with van der Waals surface area (Å²) in [4.78, 5) is 0. The summed E-state index contributed by atoms with van der Waals surface area (Å²) in [5.74, 6) is 1.48. The summed E-state index contributed by atoms with van der Waals surface area (Å²) < 4.78 is 10.6. The lowest BCUT2D eigenvalue weighted by Crippen LogP contribution is -2.23. The summed E-state index contributed by atoms with van der Waals surface area (Å²) in [6, 6.07) is 15.3. The number of anilines is 1. The molecule has 0 radical (unpaired) electrons. The second kappa shape index (κ2) is 6.23. The maximum absolute atomic E-state index is 5.30. The van der Waals surface area contributed by atoms with Crippen LogP contribution in [0.5, 0.6) is 11.5 Å². The summed E-state index contributed by atoms with van der Waals surface area (Å²) in [5.41, 5.74) is 4.57. The molecule has 1 heterocycles. The highest BCUT2D eigenvalue weighted by molar-refractivity contribution is 7.80.